The molecule has 2 heterocycles. The number of hydrogen-bond donors (Lipinski definition) is 0. The van der Waals surface area contributed by atoms with E-state index >= 15 is 0 Å². The van der Waals surface area contributed by atoms with Crippen LogP contribution in [-0.2, 0) is 6.18 Å². The highest BCUT2D eigenvalue weighted by molar-refractivity contribution is 5.58. The lowest BCUT2D eigenvalue weighted by molar-refractivity contribution is -0.384. The SMILES string of the molecule is O=c1ccn(-c2cccc(C(F)(F)F)c2)nc1-c1ccnn1-c1cccc([N+](=O)[O-])c1. The van der Waals surface area contributed by atoms with E-state index in [-0.39, 0.29) is 22.8 Å². The van der Waals surface area contributed by atoms with Gasteiger partial charge in [0.1, 0.15) is 0 Å². The molecule has 156 valence electrons. The van der Waals surface area contributed by atoms with Crippen LogP contribution < -0.4 is 5.43 Å². The summed E-state index contributed by atoms with van der Waals surface area (Å²) in [5, 5.41) is 19.4. The molecule has 31 heavy (non-hydrogen) atoms. The highest BCUT2D eigenvalue weighted by Gasteiger charge is 2.30. The van der Waals surface area contributed by atoms with Gasteiger partial charge in [0.05, 0.1) is 33.8 Å². The van der Waals surface area contributed by atoms with Crippen LogP contribution in [0.25, 0.3) is 22.8 Å². The van der Waals surface area contributed by atoms with Crippen molar-refractivity contribution in [3.63, 3.8) is 0 Å². The molecule has 0 unspecified atom stereocenters. The second kappa shape index (κ2) is 7.52. The lowest BCUT2D eigenvalue weighted by atomic mass is 10.2. The molecule has 0 aliphatic heterocycles. The Bertz CT molecular complexity index is 1340. The highest BCUT2D eigenvalue weighted by Crippen LogP contribution is 2.30. The van der Waals surface area contributed by atoms with E-state index in [2.05, 4.69) is 10.2 Å². The van der Waals surface area contributed by atoms with Gasteiger partial charge in [-0.05, 0) is 30.3 Å². The van der Waals surface area contributed by atoms with Gasteiger partial charge in [0.25, 0.3) is 5.69 Å². The first-order valence-electron chi connectivity index (χ1n) is 8.81. The van der Waals surface area contributed by atoms with Crippen molar-refractivity contribution in [1.82, 2.24) is 19.6 Å². The van der Waals surface area contributed by atoms with Gasteiger partial charge < -0.3 is 0 Å². The van der Waals surface area contributed by atoms with Crippen LogP contribution in [0.3, 0.4) is 0 Å². The van der Waals surface area contributed by atoms with E-state index in [9.17, 15) is 28.1 Å². The van der Waals surface area contributed by atoms with Gasteiger partial charge in [0, 0.05) is 24.4 Å². The van der Waals surface area contributed by atoms with E-state index in [0.29, 0.717) is 5.69 Å². The summed E-state index contributed by atoms with van der Waals surface area (Å²) < 4.78 is 41.6. The maximum atomic E-state index is 13.0. The Morgan fingerprint density at radius 3 is 2.45 bits per heavy atom. The third kappa shape index (κ3) is 3.92. The molecule has 0 amide bonds. The predicted octanol–water partition coefficient (Wildman–Crippen LogP) is 4.01. The van der Waals surface area contributed by atoms with Gasteiger partial charge in [-0.3, -0.25) is 14.9 Å². The number of hydrogen-bond acceptors (Lipinski definition) is 5. The van der Waals surface area contributed by atoms with Crippen LogP contribution in [-0.4, -0.2) is 24.5 Å². The number of nitrogens with zero attached hydrogens (tertiary/aromatic N) is 5. The third-order valence-corrected chi connectivity index (χ3v) is 4.42. The van der Waals surface area contributed by atoms with Crippen molar-refractivity contribution < 1.29 is 18.1 Å². The lowest BCUT2D eigenvalue weighted by Gasteiger charge is -2.12. The monoisotopic (exact) mass is 427 g/mol. The fourth-order valence-corrected chi connectivity index (χ4v) is 2.98. The predicted molar refractivity (Wildman–Crippen MR) is 104 cm³/mol. The van der Waals surface area contributed by atoms with Crippen molar-refractivity contribution in [1.29, 1.82) is 0 Å². The largest absolute Gasteiger partial charge is 0.416 e. The van der Waals surface area contributed by atoms with Gasteiger partial charge >= 0.3 is 6.18 Å². The van der Waals surface area contributed by atoms with Crippen molar-refractivity contribution in [2.45, 2.75) is 6.18 Å². The number of nitro benzene ring substituents is 1. The summed E-state index contributed by atoms with van der Waals surface area (Å²) in [4.78, 5) is 23.0. The smallest absolute Gasteiger partial charge is 0.287 e. The Kier molecular flexibility index (Phi) is 4.85. The Morgan fingerprint density at radius 1 is 0.968 bits per heavy atom. The average molecular weight is 427 g/mol. The molecule has 0 atom stereocenters. The number of non-ortho nitro benzene ring substituents is 1. The Hall–Kier alpha value is -4.28. The van der Waals surface area contributed by atoms with Crippen LogP contribution in [0.15, 0.2) is 77.9 Å². The fourth-order valence-electron chi connectivity index (χ4n) is 2.98. The van der Waals surface area contributed by atoms with Gasteiger partial charge in [0.15, 0.2) is 5.69 Å². The summed E-state index contributed by atoms with van der Waals surface area (Å²) in [6, 6.07) is 12.8. The van der Waals surface area contributed by atoms with Crippen molar-refractivity contribution in [3.05, 3.63) is 99.0 Å². The minimum atomic E-state index is -4.53. The Labute approximate surface area is 172 Å². The van der Waals surface area contributed by atoms with Crippen molar-refractivity contribution >= 4 is 5.69 Å². The maximum Gasteiger partial charge on any atom is 0.416 e. The zero-order valence-electron chi connectivity index (χ0n) is 15.5. The fraction of sp³-hybridized carbons (Fsp3) is 0.0500. The summed E-state index contributed by atoms with van der Waals surface area (Å²) in [5.41, 5.74) is -0.927. The number of nitro groups is 1. The van der Waals surface area contributed by atoms with Gasteiger partial charge in [-0.15, -0.1) is 0 Å². The molecule has 0 aliphatic carbocycles. The Balaban J connectivity index is 1.82. The van der Waals surface area contributed by atoms with Gasteiger partial charge in [0.2, 0.25) is 5.43 Å². The quantitative estimate of drug-likeness (QED) is 0.362. The molecule has 2 aromatic heterocycles. The molecule has 0 spiro atoms. The minimum absolute atomic E-state index is 0.0797. The van der Waals surface area contributed by atoms with Gasteiger partial charge in [-0.25, -0.2) is 9.36 Å². The second-order valence-corrected chi connectivity index (χ2v) is 6.43. The first-order valence-corrected chi connectivity index (χ1v) is 8.81. The summed E-state index contributed by atoms with van der Waals surface area (Å²) in [5.74, 6) is 0. The van der Waals surface area contributed by atoms with E-state index in [1.54, 1.807) is 6.07 Å². The van der Waals surface area contributed by atoms with Crippen molar-refractivity contribution in [2.24, 2.45) is 0 Å². The zero-order valence-corrected chi connectivity index (χ0v) is 15.5. The number of aromatic nitrogens is 4. The summed E-state index contributed by atoms with van der Waals surface area (Å²) in [6.07, 6.45) is -1.88. The topological polar surface area (TPSA) is 95.8 Å². The van der Waals surface area contributed by atoms with Crippen LogP contribution in [0.1, 0.15) is 5.56 Å². The summed E-state index contributed by atoms with van der Waals surface area (Å²) in [6.45, 7) is 0. The first kappa shape index (κ1) is 20.0. The molecule has 0 saturated heterocycles. The molecule has 0 bridgehead atoms. The minimum Gasteiger partial charge on any atom is -0.287 e. The standard InChI is InChI=1S/C20H12F3N5O3/c21-20(22,23)13-3-1-4-14(11-13)26-10-8-18(29)19(25-26)17-7-9-24-27(17)15-5-2-6-16(12-15)28(30)31/h1-12H. The van der Waals surface area contributed by atoms with E-state index in [1.807, 2.05) is 0 Å². The molecule has 0 radical (unpaired) electrons. The molecule has 0 fully saturated rings. The molecular formula is C20H12F3N5O3. The van der Waals surface area contributed by atoms with Crippen LogP contribution >= 0.6 is 0 Å². The maximum absolute atomic E-state index is 13.0. The number of benzene rings is 2. The van der Waals surface area contributed by atoms with E-state index in [1.165, 1.54) is 59.5 Å². The molecule has 0 N–H and O–H groups in total. The number of rotatable bonds is 4. The molecule has 8 nitrogen and oxygen atoms in total. The lowest BCUT2D eigenvalue weighted by Crippen LogP contribution is -2.15. The van der Waals surface area contributed by atoms with Crippen LogP contribution in [0, 0.1) is 10.1 Å². The van der Waals surface area contributed by atoms with Crippen LogP contribution in [0.2, 0.25) is 0 Å². The van der Waals surface area contributed by atoms with E-state index in [4.69, 9.17) is 0 Å². The first-order chi connectivity index (χ1) is 14.7. The summed E-state index contributed by atoms with van der Waals surface area (Å²) >= 11 is 0. The molecule has 2 aromatic carbocycles. The molecule has 4 aromatic rings. The van der Waals surface area contributed by atoms with Crippen LogP contribution in [0.4, 0.5) is 18.9 Å². The molecule has 11 heteroatoms. The second-order valence-electron chi connectivity index (χ2n) is 6.43. The Morgan fingerprint density at radius 2 is 1.71 bits per heavy atom. The van der Waals surface area contributed by atoms with Crippen LogP contribution in [0.5, 0.6) is 0 Å². The number of halogens is 3. The van der Waals surface area contributed by atoms with Gasteiger partial charge in [-0.2, -0.15) is 23.4 Å². The van der Waals surface area contributed by atoms with E-state index < -0.39 is 22.1 Å². The molecular weight excluding hydrogens is 415 g/mol. The zero-order chi connectivity index (χ0) is 22.2. The molecule has 4 rings (SSSR count). The van der Waals surface area contributed by atoms with Gasteiger partial charge in [-0.1, -0.05) is 12.1 Å². The highest BCUT2D eigenvalue weighted by atomic mass is 19.4. The average Bonchev–Trinajstić information content (AvgIpc) is 3.23. The number of alkyl halides is 3. The summed E-state index contributed by atoms with van der Waals surface area (Å²) in [7, 11) is 0. The normalized spacial score (nSPS) is 11.5. The molecule has 0 aliphatic rings. The van der Waals surface area contributed by atoms with Crippen molar-refractivity contribution in [3.8, 4) is 22.8 Å². The van der Waals surface area contributed by atoms with E-state index in [0.717, 1.165) is 16.8 Å². The third-order valence-electron chi connectivity index (χ3n) is 4.42. The molecule has 0 saturated carbocycles. The van der Waals surface area contributed by atoms with Crippen molar-refractivity contribution in [2.75, 3.05) is 0 Å².